The minimum Gasteiger partial charge on any atom is -0.442 e. The molecule has 5 heteroatoms. The number of amides is 1. The average Bonchev–Trinajstić information content (AvgIpc) is 2.23. The number of terminal acetylenes is 1. The summed E-state index contributed by atoms with van der Waals surface area (Å²) >= 11 is 0. The fourth-order valence-electron chi connectivity index (χ4n) is 1.04. The van der Waals surface area contributed by atoms with Crippen LogP contribution in [0.15, 0.2) is 16.4 Å². The molecule has 1 amide bonds. The largest absolute Gasteiger partial charge is 0.442 e. The van der Waals surface area contributed by atoms with Crippen LogP contribution in [0.3, 0.4) is 0 Å². The highest BCUT2D eigenvalue weighted by atomic mass is 19.1. The summed E-state index contributed by atoms with van der Waals surface area (Å²) in [5, 5.41) is 0. The van der Waals surface area contributed by atoms with Crippen LogP contribution in [-0.2, 0) is 9.53 Å². The molecule has 0 heterocycles. The van der Waals surface area contributed by atoms with Gasteiger partial charge in [-0.2, -0.15) is 4.99 Å². The van der Waals surface area contributed by atoms with Crippen LogP contribution in [0.1, 0.15) is 41.0 Å². The van der Waals surface area contributed by atoms with E-state index in [9.17, 15) is 14.0 Å². The second-order valence-corrected chi connectivity index (χ2v) is 4.91. The first kappa shape index (κ1) is 17.0. The number of allylic oxidation sites excluding steroid dienone is 2. The Labute approximate surface area is 112 Å². The van der Waals surface area contributed by atoms with Crippen LogP contribution >= 0.6 is 0 Å². The van der Waals surface area contributed by atoms with Gasteiger partial charge in [-0.25, -0.2) is 9.18 Å². The van der Waals surface area contributed by atoms with Gasteiger partial charge in [-0.05, 0) is 34.6 Å². The van der Waals surface area contributed by atoms with E-state index < -0.39 is 23.3 Å². The van der Waals surface area contributed by atoms with Gasteiger partial charge >= 0.3 is 6.09 Å². The van der Waals surface area contributed by atoms with Crippen molar-refractivity contribution in [3.05, 3.63) is 11.4 Å². The molecule has 0 spiro atoms. The monoisotopic (exact) mass is 267 g/mol. The molecule has 0 N–H and O–H groups in total. The Kier molecular flexibility index (Phi) is 6.13. The summed E-state index contributed by atoms with van der Waals surface area (Å²) in [5.74, 6) is 0.875. The predicted molar refractivity (Wildman–Crippen MR) is 71.6 cm³/mol. The molecule has 104 valence electrons. The number of rotatable bonds is 3. The van der Waals surface area contributed by atoms with Gasteiger partial charge in [0.25, 0.3) is 0 Å². The molecule has 0 fully saturated rings. The Bertz CT molecular complexity index is 472. The van der Waals surface area contributed by atoms with Crippen molar-refractivity contribution in [3.8, 4) is 12.3 Å². The number of hydrogen-bond donors (Lipinski definition) is 0. The van der Waals surface area contributed by atoms with E-state index in [1.807, 2.05) is 0 Å². The zero-order valence-electron chi connectivity index (χ0n) is 11.8. The highest BCUT2D eigenvalue weighted by Gasteiger charge is 2.20. The fraction of sp³-hybridized carbons (Fsp3) is 0.500. The van der Waals surface area contributed by atoms with Crippen molar-refractivity contribution in [2.45, 2.75) is 46.6 Å². The molecule has 0 unspecified atom stereocenters. The third kappa shape index (κ3) is 6.51. The van der Waals surface area contributed by atoms with Crippen molar-refractivity contribution in [1.82, 2.24) is 0 Å². The zero-order chi connectivity index (χ0) is 15.2. The van der Waals surface area contributed by atoms with Gasteiger partial charge in [0.2, 0.25) is 5.78 Å². The Morgan fingerprint density at radius 2 is 1.84 bits per heavy atom. The highest BCUT2D eigenvalue weighted by Crippen LogP contribution is 2.11. The first-order valence-corrected chi connectivity index (χ1v) is 5.70. The van der Waals surface area contributed by atoms with Crippen LogP contribution < -0.4 is 0 Å². The number of aliphatic imine (C=N–C) groups is 1. The van der Waals surface area contributed by atoms with E-state index in [1.54, 1.807) is 20.8 Å². The van der Waals surface area contributed by atoms with E-state index >= 15 is 0 Å². The molecule has 0 bridgehead atoms. The predicted octanol–water partition coefficient (Wildman–Crippen LogP) is 3.22. The number of ketones is 1. The van der Waals surface area contributed by atoms with Crippen LogP contribution in [0.25, 0.3) is 0 Å². The van der Waals surface area contributed by atoms with Crippen molar-refractivity contribution < 1.29 is 18.7 Å². The number of hydrogen-bond acceptors (Lipinski definition) is 3. The second kappa shape index (κ2) is 6.83. The normalized spacial score (nSPS) is 13.4. The Morgan fingerprint density at radius 3 is 2.21 bits per heavy atom. The lowest BCUT2D eigenvalue weighted by Crippen LogP contribution is -2.24. The lowest BCUT2D eigenvalue weighted by Gasteiger charge is -2.17. The Balaban J connectivity index is 5.24. The van der Waals surface area contributed by atoms with Crippen molar-refractivity contribution in [3.63, 3.8) is 0 Å². The van der Waals surface area contributed by atoms with Gasteiger partial charge in [-0.3, -0.25) is 4.79 Å². The zero-order valence-corrected chi connectivity index (χ0v) is 11.8. The number of nitrogens with zero attached hydrogens (tertiary/aromatic N) is 1. The van der Waals surface area contributed by atoms with Gasteiger partial charge in [-0.1, -0.05) is 0 Å². The molecule has 0 aromatic heterocycles. The summed E-state index contributed by atoms with van der Waals surface area (Å²) in [6.45, 7) is 7.45. The molecule has 0 atom stereocenters. The molecule has 0 rings (SSSR count). The topological polar surface area (TPSA) is 55.7 Å². The summed E-state index contributed by atoms with van der Waals surface area (Å²) in [6.07, 6.45) is 4.02. The lowest BCUT2D eigenvalue weighted by molar-refractivity contribution is -0.110. The molecule has 0 aromatic carbocycles. The van der Waals surface area contributed by atoms with Crippen LogP contribution in [0.5, 0.6) is 0 Å². The van der Waals surface area contributed by atoms with Gasteiger partial charge in [0.05, 0.1) is 6.42 Å². The van der Waals surface area contributed by atoms with Crippen LogP contribution in [0.4, 0.5) is 9.18 Å². The molecule has 0 aliphatic heterocycles. The summed E-state index contributed by atoms with van der Waals surface area (Å²) < 4.78 is 17.9. The maximum Gasteiger partial charge on any atom is 0.434 e. The van der Waals surface area contributed by atoms with Crippen molar-refractivity contribution in [1.29, 1.82) is 0 Å². The van der Waals surface area contributed by atoms with E-state index in [2.05, 4.69) is 10.9 Å². The van der Waals surface area contributed by atoms with Gasteiger partial charge in [-0.15, -0.1) is 12.3 Å². The van der Waals surface area contributed by atoms with Gasteiger partial charge in [0.15, 0.2) is 0 Å². The van der Waals surface area contributed by atoms with Gasteiger partial charge in [0, 0.05) is 5.57 Å². The molecule has 0 saturated heterocycles. The van der Waals surface area contributed by atoms with Gasteiger partial charge < -0.3 is 4.74 Å². The van der Waals surface area contributed by atoms with E-state index in [-0.39, 0.29) is 17.7 Å². The average molecular weight is 267 g/mol. The summed E-state index contributed by atoms with van der Waals surface area (Å²) in [4.78, 5) is 26.9. The molecule has 4 nitrogen and oxygen atoms in total. The maximum absolute atomic E-state index is 13.0. The maximum atomic E-state index is 13.0. The summed E-state index contributed by atoms with van der Waals surface area (Å²) in [5.41, 5.74) is -1.06. The molecular weight excluding hydrogens is 249 g/mol. The number of carbonyl (C=O) groups is 2. The van der Waals surface area contributed by atoms with Crippen molar-refractivity contribution in [2.75, 3.05) is 0 Å². The van der Waals surface area contributed by atoms with E-state index in [0.717, 1.165) is 6.92 Å². The first-order valence-electron chi connectivity index (χ1n) is 5.70. The molecule has 0 aliphatic rings. The SMILES string of the molecule is C#CCC(=NC(=O)OC(C)(C)C)C(=O)/C(C)=C(/C)F. The molecule has 0 saturated carbocycles. The smallest absolute Gasteiger partial charge is 0.434 e. The van der Waals surface area contributed by atoms with Crippen LogP contribution in [0.2, 0.25) is 0 Å². The Morgan fingerprint density at radius 1 is 1.32 bits per heavy atom. The van der Waals surface area contributed by atoms with Crippen LogP contribution in [-0.4, -0.2) is 23.2 Å². The third-order valence-corrected chi connectivity index (χ3v) is 2.01. The van der Waals surface area contributed by atoms with Crippen molar-refractivity contribution in [2.24, 2.45) is 4.99 Å². The highest BCUT2D eigenvalue weighted by molar-refractivity contribution is 6.47. The number of Topliss-reactive ketones (excluding diaryl/α,β-unsaturated/α-hetero) is 1. The minimum atomic E-state index is -0.921. The summed E-state index contributed by atoms with van der Waals surface area (Å²) in [6, 6.07) is 0. The van der Waals surface area contributed by atoms with E-state index in [0.29, 0.717) is 0 Å². The van der Waals surface area contributed by atoms with Gasteiger partial charge in [0.1, 0.15) is 17.1 Å². The molecule has 0 aliphatic carbocycles. The van der Waals surface area contributed by atoms with Crippen molar-refractivity contribution >= 4 is 17.6 Å². The van der Waals surface area contributed by atoms with E-state index in [1.165, 1.54) is 6.92 Å². The third-order valence-electron chi connectivity index (χ3n) is 2.01. The number of halogens is 1. The standard InChI is InChI=1S/C14H18FNO3/c1-7-8-11(12(17)9(2)10(3)15)16-13(18)19-14(4,5)6/h1H,8H2,2-6H3/b10-9-,16-11?. The lowest BCUT2D eigenvalue weighted by atomic mass is 10.1. The van der Waals surface area contributed by atoms with Crippen LogP contribution in [0, 0.1) is 12.3 Å². The second-order valence-electron chi connectivity index (χ2n) is 4.91. The first-order chi connectivity index (χ1) is 8.58. The molecular formula is C14H18FNO3. The quantitative estimate of drug-likeness (QED) is 0.448. The van der Waals surface area contributed by atoms with E-state index in [4.69, 9.17) is 11.2 Å². The number of ether oxygens (including phenoxy) is 1. The Hall–Kier alpha value is -1.96. The number of carbonyl (C=O) groups excluding carboxylic acids is 2. The fourth-order valence-corrected chi connectivity index (χ4v) is 1.04. The minimum absolute atomic E-state index is 0.127. The molecule has 0 radical (unpaired) electrons. The summed E-state index contributed by atoms with van der Waals surface area (Å²) in [7, 11) is 0. The molecule has 19 heavy (non-hydrogen) atoms. The molecule has 0 aromatic rings.